The summed E-state index contributed by atoms with van der Waals surface area (Å²) < 4.78 is 65.8. The Balaban J connectivity index is 0. The molecule has 0 aliphatic rings. The summed E-state index contributed by atoms with van der Waals surface area (Å²) in [6.07, 6.45) is 1.11. The zero-order valence-electron chi connectivity index (χ0n) is 12.0. The SMILES string of the molecule is CCCOC[N+](C)(CC)C(C)C.F[P-](F)(F)(F)(F)F. The molecule has 0 radical (unpaired) electrons. The van der Waals surface area contributed by atoms with E-state index in [1.807, 2.05) is 0 Å². The number of halogens is 6. The Labute approximate surface area is 110 Å². The number of quaternary nitrogens is 1. The molecule has 0 bridgehead atoms. The molecule has 0 aromatic heterocycles. The van der Waals surface area contributed by atoms with Crippen LogP contribution in [0.2, 0.25) is 0 Å². The molecule has 0 saturated carbocycles. The maximum absolute atomic E-state index is 10.7. The van der Waals surface area contributed by atoms with E-state index in [0.29, 0.717) is 6.04 Å². The summed E-state index contributed by atoms with van der Waals surface area (Å²) in [4.78, 5) is 0. The van der Waals surface area contributed by atoms with Crippen LogP contribution in [0.25, 0.3) is 0 Å². The molecule has 1 unspecified atom stereocenters. The molecule has 0 rings (SSSR count). The predicted molar refractivity (Wildman–Crippen MR) is 66.5 cm³/mol. The average Bonchev–Trinajstić information content (AvgIpc) is 2.12. The van der Waals surface area contributed by atoms with Crippen LogP contribution in [0.5, 0.6) is 0 Å². The van der Waals surface area contributed by atoms with Crippen molar-refractivity contribution in [1.82, 2.24) is 0 Å². The summed E-state index contributed by atoms with van der Waals surface area (Å²) in [6.45, 7) is 11.7. The summed E-state index contributed by atoms with van der Waals surface area (Å²) in [5.41, 5.74) is 0. The number of nitrogens with zero attached hydrogens (tertiary/aromatic N) is 1. The quantitative estimate of drug-likeness (QED) is 0.203. The van der Waals surface area contributed by atoms with Gasteiger partial charge in [0, 0.05) is 0 Å². The molecule has 0 aliphatic carbocycles. The van der Waals surface area contributed by atoms with E-state index < -0.39 is 7.81 Å². The third-order valence-corrected chi connectivity index (χ3v) is 2.70. The van der Waals surface area contributed by atoms with Crippen molar-refractivity contribution in [2.45, 2.75) is 40.2 Å². The van der Waals surface area contributed by atoms with E-state index in [0.717, 1.165) is 30.8 Å². The van der Waals surface area contributed by atoms with Gasteiger partial charge in [-0.1, -0.05) is 6.92 Å². The van der Waals surface area contributed by atoms with Gasteiger partial charge in [0.1, 0.15) is 0 Å². The summed E-state index contributed by atoms with van der Waals surface area (Å²) in [6, 6.07) is 0.645. The van der Waals surface area contributed by atoms with E-state index in [-0.39, 0.29) is 0 Å². The molecule has 0 aliphatic heterocycles. The first kappa shape index (κ1) is 21.2. The first-order valence-corrected chi connectivity index (χ1v) is 8.03. The molecule has 0 aromatic carbocycles. The summed E-state index contributed by atoms with van der Waals surface area (Å²) in [5, 5.41) is 0. The second-order valence-electron chi connectivity index (χ2n) is 4.89. The predicted octanol–water partition coefficient (Wildman–Crippen LogP) is 5.63. The third kappa shape index (κ3) is 20.4. The van der Waals surface area contributed by atoms with Crippen molar-refractivity contribution in [2.24, 2.45) is 0 Å². The first-order valence-electron chi connectivity index (χ1n) is 6.00. The van der Waals surface area contributed by atoms with Gasteiger partial charge in [0.25, 0.3) is 0 Å². The summed E-state index contributed by atoms with van der Waals surface area (Å²) >= 11 is 0. The van der Waals surface area contributed by atoms with Crippen LogP contribution in [0.15, 0.2) is 0 Å². The molecule has 0 fully saturated rings. The maximum atomic E-state index is 9.87. The van der Waals surface area contributed by atoms with Crippen LogP contribution in [0.4, 0.5) is 25.2 Å². The molecule has 0 aromatic rings. The van der Waals surface area contributed by atoms with Crippen LogP contribution in [0.3, 0.4) is 0 Å². The van der Waals surface area contributed by atoms with E-state index >= 15 is 0 Å². The van der Waals surface area contributed by atoms with E-state index in [2.05, 4.69) is 34.7 Å². The molecule has 0 amide bonds. The van der Waals surface area contributed by atoms with Gasteiger partial charge in [-0.15, -0.1) is 0 Å². The molecule has 0 saturated heterocycles. The Kier molecular flexibility index (Phi) is 6.86. The van der Waals surface area contributed by atoms with E-state index in [1.54, 1.807) is 0 Å². The van der Waals surface area contributed by atoms with E-state index in [1.165, 1.54) is 0 Å². The summed E-state index contributed by atoms with van der Waals surface area (Å²) in [7, 11) is -8.41. The van der Waals surface area contributed by atoms with Gasteiger partial charge < -0.3 is 9.22 Å². The standard InChI is InChI=1S/C10H24NO.F6P/c1-6-8-12-9-11(5,7-2)10(3)4;1-7(2,3,4,5)6/h10H,6-9H2,1-5H3;/q+1;-1. The van der Waals surface area contributed by atoms with Gasteiger partial charge in [0.2, 0.25) is 0 Å². The van der Waals surface area contributed by atoms with Crippen LogP contribution in [-0.2, 0) is 4.74 Å². The molecular formula is C10H24F6NOP. The Hall–Kier alpha value is -0.0700. The Morgan fingerprint density at radius 1 is 1.00 bits per heavy atom. The van der Waals surface area contributed by atoms with Crippen molar-refractivity contribution in [3.63, 3.8) is 0 Å². The van der Waals surface area contributed by atoms with Gasteiger partial charge in [0.15, 0.2) is 6.73 Å². The zero-order chi connectivity index (χ0) is 16.0. The van der Waals surface area contributed by atoms with Crippen molar-refractivity contribution in [1.29, 1.82) is 0 Å². The van der Waals surface area contributed by atoms with Crippen LogP contribution in [0.1, 0.15) is 34.1 Å². The van der Waals surface area contributed by atoms with Crippen LogP contribution in [-0.4, -0.2) is 37.5 Å². The van der Waals surface area contributed by atoms with Crippen LogP contribution < -0.4 is 0 Å². The van der Waals surface area contributed by atoms with Gasteiger partial charge in [-0.2, -0.15) is 0 Å². The van der Waals surface area contributed by atoms with Crippen molar-refractivity contribution in [2.75, 3.05) is 26.9 Å². The van der Waals surface area contributed by atoms with Crippen molar-refractivity contribution < 1.29 is 34.4 Å². The van der Waals surface area contributed by atoms with Crippen LogP contribution >= 0.6 is 7.81 Å². The molecule has 122 valence electrons. The average molecular weight is 319 g/mol. The molecule has 19 heavy (non-hydrogen) atoms. The van der Waals surface area contributed by atoms with Crippen LogP contribution in [0, 0.1) is 0 Å². The number of hydrogen-bond donors (Lipinski definition) is 0. The van der Waals surface area contributed by atoms with Gasteiger partial charge in [-0.3, -0.25) is 0 Å². The molecule has 2 nitrogen and oxygen atoms in total. The number of rotatable bonds is 6. The molecule has 0 N–H and O–H groups in total. The normalized spacial score (nSPS) is 18.9. The van der Waals surface area contributed by atoms with Gasteiger partial charge in [0.05, 0.1) is 26.2 Å². The molecule has 0 heterocycles. The first-order chi connectivity index (χ1) is 8.01. The van der Waals surface area contributed by atoms with Crippen molar-refractivity contribution in [3.8, 4) is 0 Å². The van der Waals surface area contributed by atoms with E-state index in [9.17, 15) is 25.2 Å². The minimum absolute atomic E-state index is 0.645. The van der Waals surface area contributed by atoms with E-state index in [4.69, 9.17) is 4.74 Å². The second kappa shape index (κ2) is 6.14. The fourth-order valence-electron chi connectivity index (χ4n) is 1.02. The number of hydrogen-bond acceptors (Lipinski definition) is 1. The summed E-state index contributed by atoms with van der Waals surface area (Å²) in [5.74, 6) is 0. The monoisotopic (exact) mass is 319 g/mol. The third-order valence-electron chi connectivity index (χ3n) is 2.70. The van der Waals surface area contributed by atoms with Gasteiger partial charge >= 0.3 is 33.0 Å². The number of ether oxygens (including phenoxy) is 1. The Morgan fingerprint density at radius 3 is 1.58 bits per heavy atom. The Morgan fingerprint density at radius 2 is 1.37 bits per heavy atom. The fourth-order valence-corrected chi connectivity index (χ4v) is 1.02. The molecule has 9 heteroatoms. The van der Waals surface area contributed by atoms with Gasteiger partial charge in [-0.05, 0) is 27.2 Å². The molecular weight excluding hydrogens is 295 g/mol. The fraction of sp³-hybridized carbons (Fsp3) is 1.00. The topological polar surface area (TPSA) is 9.23 Å². The van der Waals surface area contributed by atoms with Crippen molar-refractivity contribution >= 4 is 7.81 Å². The second-order valence-corrected chi connectivity index (χ2v) is 6.80. The van der Waals surface area contributed by atoms with Gasteiger partial charge in [-0.25, -0.2) is 0 Å². The molecule has 1 atom stereocenters. The van der Waals surface area contributed by atoms with Crippen molar-refractivity contribution in [3.05, 3.63) is 0 Å². The minimum atomic E-state index is -10.7. The molecule has 0 spiro atoms. The zero-order valence-corrected chi connectivity index (χ0v) is 12.9. The Bertz CT molecular complexity index is 253.